The molecule has 1 aliphatic heterocycles. The normalized spacial score (nSPS) is 13.5. The monoisotopic (exact) mass is 401 g/mol. The van der Waals surface area contributed by atoms with Crippen LogP contribution in [-0.4, -0.2) is 45.9 Å². The number of nitrogens with zero attached hydrogens (tertiary/aromatic N) is 1. The van der Waals surface area contributed by atoms with Gasteiger partial charge in [-0.05, 0) is 48.7 Å². The van der Waals surface area contributed by atoms with Crippen LogP contribution >= 0.6 is 0 Å². The summed E-state index contributed by atoms with van der Waals surface area (Å²) in [6, 6.07) is 10.7. The fourth-order valence-corrected chi connectivity index (χ4v) is 4.07. The molecular formula is C20H19NO6S. The van der Waals surface area contributed by atoms with Gasteiger partial charge in [0.05, 0.1) is 17.5 Å². The maximum atomic E-state index is 12.4. The van der Waals surface area contributed by atoms with Crippen molar-refractivity contribution in [2.75, 3.05) is 23.7 Å². The highest BCUT2D eigenvalue weighted by Crippen LogP contribution is 2.30. The third kappa shape index (κ3) is 4.28. The van der Waals surface area contributed by atoms with Crippen LogP contribution in [0, 0.1) is 0 Å². The van der Waals surface area contributed by atoms with Crippen LogP contribution < -0.4 is 4.31 Å². The topological polar surface area (TPSA) is 97.8 Å². The summed E-state index contributed by atoms with van der Waals surface area (Å²) in [7, 11) is -3.37. The molecule has 1 heterocycles. The van der Waals surface area contributed by atoms with Crippen LogP contribution in [0.25, 0.3) is 0 Å². The molecule has 28 heavy (non-hydrogen) atoms. The molecule has 0 saturated heterocycles. The van der Waals surface area contributed by atoms with Gasteiger partial charge in [-0.25, -0.2) is 13.2 Å². The number of anilines is 1. The van der Waals surface area contributed by atoms with E-state index in [0.717, 1.165) is 11.8 Å². The number of aldehydes is 1. The molecule has 0 unspecified atom stereocenters. The Morgan fingerprint density at radius 2 is 1.79 bits per heavy atom. The van der Waals surface area contributed by atoms with Crippen molar-refractivity contribution in [1.29, 1.82) is 0 Å². The van der Waals surface area contributed by atoms with E-state index < -0.39 is 22.6 Å². The number of hydrogen-bond donors (Lipinski definition) is 0. The van der Waals surface area contributed by atoms with Crippen LogP contribution in [0.3, 0.4) is 0 Å². The molecule has 0 saturated carbocycles. The van der Waals surface area contributed by atoms with E-state index in [0.29, 0.717) is 42.5 Å². The smallest absolute Gasteiger partial charge is 0.338 e. The Labute approximate surface area is 163 Å². The summed E-state index contributed by atoms with van der Waals surface area (Å²) >= 11 is 0. The van der Waals surface area contributed by atoms with Crippen molar-refractivity contribution >= 4 is 33.7 Å². The quantitative estimate of drug-likeness (QED) is 0.418. The van der Waals surface area contributed by atoms with Gasteiger partial charge in [0.2, 0.25) is 10.0 Å². The first-order valence-corrected chi connectivity index (χ1v) is 10.5. The molecule has 1 aliphatic rings. The summed E-state index contributed by atoms with van der Waals surface area (Å²) in [6.45, 7) is -0.0114. The van der Waals surface area contributed by atoms with Gasteiger partial charge in [0.25, 0.3) is 0 Å². The lowest BCUT2D eigenvalue weighted by Gasteiger charge is -2.29. The number of rotatable bonds is 6. The molecule has 0 amide bonds. The van der Waals surface area contributed by atoms with Crippen LogP contribution in [-0.2, 0) is 21.2 Å². The van der Waals surface area contributed by atoms with E-state index in [9.17, 15) is 22.8 Å². The fourth-order valence-electron chi connectivity index (χ4n) is 3.08. The standard InChI is InChI=1S/C20H19NO6S/c1-28(25,26)21-10-2-3-16-11-17(8-9-18(16)21)19(23)13-27-20(24)15-6-4-14(12-22)5-7-15/h4-9,11-12H,2-3,10,13H2,1H3. The number of esters is 1. The molecule has 3 rings (SSSR count). The molecule has 0 aromatic heterocycles. The molecule has 2 aromatic carbocycles. The third-order valence-electron chi connectivity index (χ3n) is 4.49. The van der Waals surface area contributed by atoms with Gasteiger partial charge in [0.15, 0.2) is 12.4 Å². The van der Waals surface area contributed by atoms with Gasteiger partial charge in [-0.3, -0.25) is 13.9 Å². The van der Waals surface area contributed by atoms with Crippen molar-refractivity contribution in [3.63, 3.8) is 0 Å². The minimum Gasteiger partial charge on any atom is -0.454 e. The first-order valence-electron chi connectivity index (χ1n) is 8.66. The fraction of sp³-hybridized carbons (Fsp3) is 0.250. The average Bonchev–Trinajstić information content (AvgIpc) is 2.70. The lowest BCUT2D eigenvalue weighted by atomic mass is 9.99. The minimum absolute atomic E-state index is 0.243. The molecule has 0 fully saturated rings. The van der Waals surface area contributed by atoms with Crippen LogP contribution in [0.5, 0.6) is 0 Å². The average molecular weight is 401 g/mol. The molecule has 8 heteroatoms. The van der Waals surface area contributed by atoms with Crippen molar-refractivity contribution < 1.29 is 27.5 Å². The predicted molar refractivity (Wildman–Crippen MR) is 103 cm³/mol. The Bertz CT molecular complexity index is 1030. The summed E-state index contributed by atoms with van der Waals surface area (Å²) < 4.78 is 30.2. The Morgan fingerprint density at radius 1 is 1.11 bits per heavy atom. The van der Waals surface area contributed by atoms with E-state index in [2.05, 4.69) is 0 Å². The SMILES string of the molecule is CS(=O)(=O)N1CCCc2cc(C(=O)COC(=O)c3ccc(C=O)cc3)ccc21. The van der Waals surface area contributed by atoms with Crippen molar-refractivity contribution in [3.05, 3.63) is 64.7 Å². The number of hydrogen-bond acceptors (Lipinski definition) is 6. The lowest BCUT2D eigenvalue weighted by molar-refractivity contribution is 0.0474. The van der Waals surface area contributed by atoms with Gasteiger partial charge in [-0.15, -0.1) is 0 Å². The predicted octanol–water partition coefficient (Wildman–Crippen LogP) is 2.25. The zero-order valence-electron chi connectivity index (χ0n) is 15.3. The molecule has 0 spiro atoms. The molecule has 146 valence electrons. The van der Waals surface area contributed by atoms with Gasteiger partial charge in [0, 0.05) is 17.7 Å². The van der Waals surface area contributed by atoms with E-state index >= 15 is 0 Å². The van der Waals surface area contributed by atoms with E-state index in [1.807, 2.05) is 0 Å². The van der Waals surface area contributed by atoms with E-state index in [1.54, 1.807) is 12.1 Å². The number of aryl methyl sites for hydroxylation is 1. The van der Waals surface area contributed by atoms with E-state index in [1.165, 1.54) is 34.6 Å². The van der Waals surface area contributed by atoms with Crippen molar-refractivity contribution in [1.82, 2.24) is 0 Å². The van der Waals surface area contributed by atoms with Gasteiger partial charge >= 0.3 is 5.97 Å². The zero-order chi connectivity index (χ0) is 20.3. The number of ether oxygens (including phenoxy) is 1. The number of benzene rings is 2. The maximum absolute atomic E-state index is 12.4. The lowest BCUT2D eigenvalue weighted by Crippen LogP contribution is -2.34. The summed E-state index contributed by atoms with van der Waals surface area (Å²) in [5.74, 6) is -1.04. The van der Waals surface area contributed by atoms with Crippen LogP contribution in [0.4, 0.5) is 5.69 Å². The Morgan fingerprint density at radius 3 is 2.43 bits per heavy atom. The van der Waals surface area contributed by atoms with Crippen LogP contribution in [0.15, 0.2) is 42.5 Å². The Balaban J connectivity index is 1.69. The summed E-state index contributed by atoms with van der Waals surface area (Å²) in [5.41, 5.74) is 2.39. The molecular weight excluding hydrogens is 382 g/mol. The van der Waals surface area contributed by atoms with Gasteiger partial charge in [-0.2, -0.15) is 0 Å². The van der Waals surface area contributed by atoms with Crippen molar-refractivity contribution in [2.45, 2.75) is 12.8 Å². The zero-order valence-corrected chi connectivity index (χ0v) is 16.1. The molecule has 0 radical (unpaired) electrons. The molecule has 2 aromatic rings. The van der Waals surface area contributed by atoms with Crippen LogP contribution in [0.1, 0.15) is 43.1 Å². The Kier molecular flexibility index (Phi) is 5.60. The maximum Gasteiger partial charge on any atom is 0.338 e. The number of Topliss-reactive ketones (excluding diaryl/α,β-unsaturated/α-hetero) is 1. The number of fused-ring (bicyclic) bond motifs is 1. The second-order valence-electron chi connectivity index (χ2n) is 6.52. The minimum atomic E-state index is -3.37. The van der Waals surface area contributed by atoms with E-state index in [-0.39, 0.29) is 11.3 Å². The molecule has 7 nitrogen and oxygen atoms in total. The van der Waals surface area contributed by atoms with Crippen molar-refractivity contribution in [2.24, 2.45) is 0 Å². The number of ketones is 1. The summed E-state index contributed by atoms with van der Waals surface area (Å²) in [6.07, 6.45) is 3.16. The summed E-state index contributed by atoms with van der Waals surface area (Å²) in [4.78, 5) is 35.1. The van der Waals surface area contributed by atoms with Gasteiger partial charge in [-0.1, -0.05) is 12.1 Å². The first-order chi connectivity index (χ1) is 13.3. The highest BCUT2D eigenvalue weighted by Gasteiger charge is 2.24. The highest BCUT2D eigenvalue weighted by atomic mass is 32.2. The number of carbonyl (C=O) groups is 3. The van der Waals surface area contributed by atoms with Crippen LogP contribution in [0.2, 0.25) is 0 Å². The van der Waals surface area contributed by atoms with Crippen molar-refractivity contribution in [3.8, 4) is 0 Å². The molecule has 0 atom stereocenters. The second-order valence-corrected chi connectivity index (χ2v) is 8.43. The van der Waals surface area contributed by atoms with Gasteiger partial charge < -0.3 is 4.74 Å². The Hall–Kier alpha value is -3.00. The number of carbonyl (C=O) groups excluding carboxylic acids is 3. The largest absolute Gasteiger partial charge is 0.454 e. The summed E-state index contributed by atoms with van der Waals surface area (Å²) in [5, 5.41) is 0. The first kappa shape index (κ1) is 19.8. The third-order valence-corrected chi connectivity index (χ3v) is 5.67. The van der Waals surface area contributed by atoms with E-state index in [4.69, 9.17) is 4.74 Å². The second kappa shape index (κ2) is 7.93. The molecule has 0 aliphatic carbocycles. The molecule has 0 N–H and O–H groups in total. The number of sulfonamides is 1. The highest BCUT2D eigenvalue weighted by molar-refractivity contribution is 7.92. The van der Waals surface area contributed by atoms with Gasteiger partial charge in [0.1, 0.15) is 6.29 Å². The molecule has 0 bridgehead atoms.